The highest BCUT2D eigenvalue weighted by molar-refractivity contribution is 7.86. The number of allylic oxidation sites excluding steroid dienone is 1. The highest BCUT2D eigenvalue weighted by atomic mass is 32.2. The Balaban J connectivity index is 2.32. The van der Waals surface area contributed by atoms with Crippen molar-refractivity contribution in [2.45, 2.75) is 11.3 Å². The third kappa shape index (κ3) is 2.66. The van der Waals surface area contributed by atoms with Crippen LogP contribution >= 0.6 is 0 Å². The normalized spacial score (nSPS) is 25.9. The fourth-order valence-electron chi connectivity index (χ4n) is 2.22. The molecule has 1 aliphatic carbocycles. The van der Waals surface area contributed by atoms with Gasteiger partial charge >= 0.3 is 6.03 Å². The van der Waals surface area contributed by atoms with Crippen LogP contribution in [0.15, 0.2) is 23.4 Å². The maximum atomic E-state index is 11.8. The third-order valence-electron chi connectivity index (χ3n) is 3.14. The van der Waals surface area contributed by atoms with E-state index >= 15 is 0 Å². The Labute approximate surface area is 115 Å². The van der Waals surface area contributed by atoms with Crippen LogP contribution in [0.4, 0.5) is 4.79 Å². The molecule has 2 amide bonds. The molecule has 5 N–H and O–H groups in total. The monoisotopic (exact) mass is 302 g/mol. The molecule has 1 fully saturated rings. The zero-order chi connectivity index (χ0) is 15.1. The fraction of sp³-hybridized carbons (Fsp3) is 0.400. The first kappa shape index (κ1) is 14.5. The molecule has 2 rings (SSSR count). The summed E-state index contributed by atoms with van der Waals surface area (Å²) in [6.45, 7) is 0.0553. The van der Waals surface area contributed by atoms with Gasteiger partial charge in [-0.3, -0.25) is 14.8 Å². The van der Waals surface area contributed by atoms with E-state index in [1.165, 1.54) is 12.2 Å². The van der Waals surface area contributed by atoms with Crippen molar-refractivity contribution in [3.8, 4) is 0 Å². The minimum atomic E-state index is -4.28. The summed E-state index contributed by atoms with van der Waals surface area (Å²) in [5, 5.41) is -1.12. The van der Waals surface area contributed by atoms with E-state index in [0.717, 1.165) is 0 Å². The number of carbonyl (C=O) groups is 2. The van der Waals surface area contributed by atoms with Crippen molar-refractivity contribution in [1.82, 2.24) is 15.8 Å². The third-order valence-corrected chi connectivity index (χ3v) is 4.26. The van der Waals surface area contributed by atoms with Gasteiger partial charge in [0.2, 0.25) is 0 Å². The number of hydrogen-bond acceptors (Lipinski definition) is 6. The first-order valence-corrected chi connectivity index (χ1v) is 7.16. The number of nitrogens with one attached hydrogen (secondary N) is 2. The molecular weight excluding hydrogens is 288 g/mol. The van der Waals surface area contributed by atoms with Gasteiger partial charge in [0.1, 0.15) is 11.3 Å². The lowest BCUT2D eigenvalue weighted by Gasteiger charge is -2.21. The van der Waals surface area contributed by atoms with E-state index in [9.17, 15) is 22.6 Å². The first-order valence-electron chi connectivity index (χ1n) is 5.66. The highest BCUT2D eigenvalue weighted by Crippen LogP contribution is 2.33. The second kappa shape index (κ2) is 4.89. The number of hydrogen-bond donors (Lipinski definition) is 4. The molecular formula is C10H14N4O5S. The van der Waals surface area contributed by atoms with Crippen LogP contribution in [0.25, 0.3) is 0 Å². The summed E-state index contributed by atoms with van der Waals surface area (Å²) in [5.74, 6) is -0.361. The van der Waals surface area contributed by atoms with Crippen molar-refractivity contribution in [3.05, 3.63) is 23.4 Å². The molecule has 0 spiro atoms. The molecule has 0 radical (unpaired) electrons. The number of fused-ring (bicyclic) bond motifs is 1. The predicted octanol–water partition coefficient (Wildman–Crippen LogP) is -1.88. The number of amides is 2. The van der Waals surface area contributed by atoms with E-state index in [2.05, 4.69) is 10.9 Å². The van der Waals surface area contributed by atoms with Gasteiger partial charge in [0.15, 0.2) is 5.78 Å². The minimum absolute atomic E-state index is 0.0553. The van der Waals surface area contributed by atoms with Gasteiger partial charge < -0.3 is 10.6 Å². The van der Waals surface area contributed by atoms with Gasteiger partial charge in [-0.2, -0.15) is 8.42 Å². The number of nitrogens with two attached hydrogens (primary N) is 1. The molecule has 9 nitrogen and oxygen atoms in total. The molecule has 0 saturated carbocycles. The zero-order valence-electron chi connectivity index (χ0n) is 10.5. The van der Waals surface area contributed by atoms with Crippen LogP contribution in [-0.2, 0) is 14.9 Å². The second-order valence-corrected chi connectivity index (χ2v) is 6.15. The lowest BCUT2D eigenvalue weighted by atomic mass is 9.99. The van der Waals surface area contributed by atoms with Crippen molar-refractivity contribution in [2.75, 3.05) is 13.6 Å². The van der Waals surface area contributed by atoms with E-state index in [1.807, 2.05) is 0 Å². The molecule has 0 aromatic heterocycles. The Bertz CT molecular complexity index is 624. The van der Waals surface area contributed by atoms with Crippen LogP contribution in [0.2, 0.25) is 0 Å². The topological polar surface area (TPSA) is 142 Å². The van der Waals surface area contributed by atoms with Crippen molar-refractivity contribution in [2.24, 2.45) is 5.73 Å². The van der Waals surface area contributed by atoms with E-state index < -0.39 is 27.4 Å². The summed E-state index contributed by atoms with van der Waals surface area (Å²) in [6, 6.07) is -1.81. The quantitative estimate of drug-likeness (QED) is 0.353. The number of primary amides is 1. The molecule has 2 atom stereocenters. The van der Waals surface area contributed by atoms with Gasteiger partial charge in [0.05, 0.1) is 0 Å². The average molecular weight is 302 g/mol. The maximum absolute atomic E-state index is 11.8. The summed E-state index contributed by atoms with van der Waals surface area (Å²) in [7, 11) is -2.66. The molecule has 10 heteroatoms. The summed E-state index contributed by atoms with van der Waals surface area (Å²) in [6.07, 6.45) is 2.62. The molecule has 0 aromatic rings. The second-order valence-electron chi connectivity index (χ2n) is 4.55. The van der Waals surface area contributed by atoms with E-state index in [4.69, 9.17) is 5.73 Å². The summed E-state index contributed by atoms with van der Waals surface area (Å²) < 4.78 is 31.9. The first-order chi connectivity index (χ1) is 9.20. The van der Waals surface area contributed by atoms with Gasteiger partial charge in [0.25, 0.3) is 10.1 Å². The summed E-state index contributed by atoms with van der Waals surface area (Å²) in [4.78, 5) is 24.0. The van der Waals surface area contributed by atoms with Gasteiger partial charge in [-0.05, 0) is 5.57 Å². The van der Waals surface area contributed by atoms with Crippen molar-refractivity contribution < 1.29 is 22.6 Å². The molecule has 2 unspecified atom stereocenters. The van der Waals surface area contributed by atoms with Gasteiger partial charge in [-0.1, -0.05) is 6.08 Å². The lowest BCUT2D eigenvalue weighted by molar-refractivity contribution is -0.115. The molecule has 2 aliphatic rings. The molecule has 0 bridgehead atoms. The maximum Gasteiger partial charge on any atom is 0.326 e. The van der Waals surface area contributed by atoms with E-state index in [0.29, 0.717) is 11.3 Å². The van der Waals surface area contributed by atoms with Gasteiger partial charge in [-0.15, -0.1) is 0 Å². The lowest BCUT2D eigenvalue weighted by Crippen LogP contribution is -2.50. The van der Waals surface area contributed by atoms with Crippen molar-refractivity contribution >= 4 is 21.9 Å². The Morgan fingerprint density at radius 2 is 2.20 bits per heavy atom. The Morgan fingerprint density at radius 1 is 1.55 bits per heavy atom. The molecule has 1 saturated heterocycles. The standard InChI is InChI=1S/C10H14N4O5S/c1-14-4-9(20(17,18)19)5-2-6(12-13-10(11)16)8(15)3-7(5)14/h2-3,6,9,12H,4H2,1H3,(H3,11,13,16)(H,17,18,19). The van der Waals surface area contributed by atoms with Gasteiger partial charge in [0, 0.05) is 25.4 Å². The zero-order valence-corrected chi connectivity index (χ0v) is 11.3. The van der Waals surface area contributed by atoms with Crippen LogP contribution in [0.5, 0.6) is 0 Å². The fourth-order valence-corrected chi connectivity index (χ4v) is 3.15. The predicted molar refractivity (Wildman–Crippen MR) is 68.8 cm³/mol. The Kier molecular flexibility index (Phi) is 3.54. The van der Waals surface area contributed by atoms with Crippen LogP contribution in [0, 0.1) is 0 Å². The largest absolute Gasteiger partial charge is 0.372 e. The molecule has 0 aromatic carbocycles. The smallest absolute Gasteiger partial charge is 0.326 e. The number of hydrazine groups is 1. The summed E-state index contributed by atoms with van der Waals surface area (Å²) >= 11 is 0. The van der Waals surface area contributed by atoms with Crippen LogP contribution in [-0.4, -0.2) is 54.6 Å². The average Bonchev–Trinajstić information content (AvgIpc) is 2.63. The van der Waals surface area contributed by atoms with Crippen LogP contribution in [0.1, 0.15) is 0 Å². The number of rotatable bonds is 3. The van der Waals surface area contributed by atoms with Gasteiger partial charge in [-0.25, -0.2) is 10.2 Å². The highest BCUT2D eigenvalue weighted by Gasteiger charge is 2.41. The number of urea groups is 1. The van der Waals surface area contributed by atoms with Crippen LogP contribution < -0.4 is 16.6 Å². The molecule has 20 heavy (non-hydrogen) atoms. The van der Waals surface area contributed by atoms with Crippen molar-refractivity contribution in [3.63, 3.8) is 0 Å². The summed E-state index contributed by atoms with van der Waals surface area (Å²) in [5.41, 5.74) is 10.1. The SMILES string of the molecule is CN1CC(S(=O)(=O)O)C2=CC(NNC(N)=O)C(=O)C=C21. The van der Waals surface area contributed by atoms with E-state index in [1.54, 1.807) is 11.9 Å². The Morgan fingerprint density at radius 3 is 2.75 bits per heavy atom. The molecule has 1 aliphatic heterocycles. The molecule has 1 heterocycles. The van der Waals surface area contributed by atoms with E-state index in [-0.39, 0.29) is 12.3 Å². The molecule has 110 valence electrons. The Hall–Kier alpha value is -1.91. The number of likely N-dealkylation sites (tertiary alicyclic amines) is 1. The number of carbonyl (C=O) groups excluding carboxylic acids is 2. The number of likely N-dealkylation sites (N-methyl/N-ethyl adjacent to an activating group) is 1. The number of nitrogens with zero attached hydrogens (tertiary/aromatic N) is 1. The minimum Gasteiger partial charge on any atom is -0.372 e. The van der Waals surface area contributed by atoms with Crippen LogP contribution in [0.3, 0.4) is 0 Å². The number of ketones is 1. The van der Waals surface area contributed by atoms with Crippen molar-refractivity contribution in [1.29, 1.82) is 0 Å².